The Hall–Kier alpha value is -2.14. The van der Waals surface area contributed by atoms with Gasteiger partial charge in [-0.1, -0.05) is 0 Å². The molecule has 18 heavy (non-hydrogen) atoms. The molecule has 1 aromatic heterocycles. The molecule has 1 heterocycles. The third-order valence-electron chi connectivity index (χ3n) is 2.51. The molecule has 5 heteroatoms. The van der Waals surface area contributed by atoms with Crippen molar-refractivity contribution in [3.63, 3.8) is 0 Å². The lowest BCUT2D eigenvalue weighted by Crippen LogP contribution is -2.35. The smallest absolute Gasteiger partial charge is 0.241 e. The molecule has 0 saturated heterocycles. The van der Waals surface area contributed by atoms with Crippen molar-refractivity contribution in [2.75, 3.05) is 11.4 Å². The molecule has 0 aliphatic heterocycles. The van der Waals surface area contributed by atoms with Crippen LogP contribution in [-0.2, 0) is 11.3 Å². The average Bonchev–Trinajstić information content (AvgIpc) is 2.89. The number of benzene rings is 1. The van der Waals surface area contributed by atoms with Gasteiger partial charge in [-0.3, -0.25) is 4.79 Å². The van der Waals surface area contributed by atoms with Crippen LogP contribution in [0.3, 0.4) is 0 Å². The highest BCUT2D eigenvalue weighted by Gasteiger charge is 2.15. The summed E-state index contributed by atoms with van der Waals surface area (Å²) >= 11 is 0. The highest BCUT2D eigenvalue weighted by molar-refractivity contribution is 5.94. The number of amides is 1. The summed E-state index contributed by atoms with van der Waals surface area (Å²) in [6.45, 7) is 0.159. The van der Waals surface area contributed by atoms with Gasteiger partial charge in [0.05, 0.1) is 19.4 Å². The van der Waals surface area contributed by atoms with Crippen molar-refractivity contribution < 1.29 is 13.6 Å². The second-order valence-electron chi connectivity index (χ2n) is 3.74. The summed E-state index contributed by atoms with van der Waals surface area (Å²) < 4.78 is 18.1. The molecule has 1 aromatic carbocycles. The molecular weight excluding hydrogens is 235 g/mol. The van der Waals surface area contributed by atoms with E-state index in [4.69, 9.17) is 10.2 Å². The van der Waals surface area contributed by atoms with Gasteiger partial charge in [-0.15, -0.1) is 0 Å². The zero-order valence-corrected chi connectivity index (χ0v) is 9.67. The summed E-state index contributed by atoms with van der Waals surface area (Å²) in [7, 11) is 0. The number of carbonyl (C=O) groups excluding carboxylic acids is 1. The van der Waals surface area contributed by atoms with Crippen molar-refractivity contribution in [3.8, 4) is 0 Å². The van der Waals surface area contributed by atoms with Crippen LogP contribution in [0.15, 0.2) is 47.1 Å². The first-order chi connectivity index (χ1) is 8.70. The molecule has 4 nitrogen and oxygen atoms in total. The maximum atomic E-state index is 12.9. The van der Waals surface area contributed by atoms with Crippen LogP contribution in [0.5, 0.6) is 0 Å². The monoisotopic (exact) mass is 248 g/mol. The van der Waals surface area contributed by atoms with E-state index in [0.717, 1.165) is 0 Å². The zero-order chi connectivity index (χ0) is 13.0. The van der Waals surface area contributed by atoms with Crippen molar-refractivity contribution in [3.05, 3.63) is 54.2 Å². The molecule has 1 amide bonds. The first kappa shape index (κ1) is 12.3. The summed E-state index contributed by atoms with van der Waals surface area (Å²) in [6.07, 6.45) is 1.53. The van der Waals surface area contributed by atoms with Crippen molar-refractivity contribution in [1.29, 1.82) is 0 Å². The molecule has 0 radical (unpaired) electrons. The molecular formula is C13H13FN2O2. The van der Waals surface area contributed by atoms with E-state index in [2.05, 4.69) is 0 Å². The van der Waals surface area contributed by atoms with Crippen LogP contribution in [0.4, 0.5) is 10.1 Å². The first-order valence-electron chi connectivity index (χ1n) is 5.49. The summed E-state index contributed by atoms with van der Waals surface area (Å²) in [5.41, 5.74) is 5.96. The SMILES string of the molecule is NCC(=O)N(Cc1ccco1)c1ccc(F)cc1. The molecule has 0 spiro atoms. The number of nitrogens with two attached hydrogens (primary N) is 1. The minimum absolute atomic E-state index is 0.113. The number of hydrogen-bond acceptors (Lipinski definition) is 3. The number of carbonyl (C=O) groups is 1. The Bertz CT molecular complexity index is 508. The largest absolute Gasteiger partial charge is 0.467 e. The van der Waals surface area contributed by atoms with Gasteiger partial charge in [0.2, 0.25) is 5.91 Å². The quantitative estimate of drug-likeness (QED) is 0.899. The normalized spacial score (nSPS) is 10.3. The molecule has 0 unspecified atom stereocenters. The van der Waals surface area contributed by atoms with Gasteiger partial charge in [0.15, 0.2) is 0 Å². The summed E-state index contributed by atoms with van der Waals surface area (Å²) in [5, 5.41) is 0. The van der Waals surface area contributed by atoms with E-state index in [1.807, 2.05) is 0 Å². The van der Waals surface area contributed by atoms with E-state index in [-0.39, 0.29) is 24.8 Å². The van der Waals surface area contributed by atoms with E-state index >= 15 is 0 Å². The van der Waals surface area contributed by atoms with E-state index in [0.29, 0.717) is 11.4 Å². The van der Waals surface area contributed by atoms with Crippen molar-refractivity contribution >= 4 is 11.6 Å². The number of anilines is 1. The molecule has 0 aliphatic rings. The van der Waals surface area contributed by atoms with Crippen molar-refractivity contribution in [2.45, 2.75) is 6.54 Å². The second kappa shape index (κ2) is 5.46. The van der Waals surface area contributed by atoms with Crippen LogP contribution in [0, 0.1) is 5.82 Å². The number of halogens is 1. The lowest BCUT2D eigenvalue weighted by Gasteiger charge is -2.21. The molecule has 0 aliphatic carbocycles. The van der Waals surface area contributed by atoms with E-state index in [1.54, 1.807) is 12.1 Å². The van der Waals surface area contributed by atoms with Crippen LogP contribution < -0.4 is 10.6 Å². The maximum absolute atomic E-state index is 12.9. The molecule has 0 atom stereocenters. The lowest BCUT2D eigenvalue weighted by atomic mass is 10.2. The summed E-state index contributed by atoms with van der Waals surface area (Å²) in [5.74, 6) is 0.0380. The third-order valence-corrected chi connectivity index (χ3v) is 2.51. The number of hydrogen-bond donors (Lipinski definition) is 1. The Morgan fingerprint density at radius 1 is 1.28 bits per heavy atom. The molecule has 0 fully saturated rings. The molecule has 2 aromatic rings. The predicted octanol–water partition coefficient (Wildman–Crippen LogP) is 1.91. The standard InChI is InChI=1S/C13H13FN2O2/c14-10-3-5-11(6-4-10)16(13(17)8-15)9-12-2-1-7-18-12/h1-7H,8-9,15H2. The summed E-state index contributed by atoms with van der Waals surface area (Å²) in [4.78, 5) is 13.2. The van der Waals surface area contributed by atoms with Crippen LogP contribution in [-0.4, -0.2) is 12.5 Å². The highest BCUT2D eigenvalue weighted by atomic mass is 19.1. The number of nitrogens with zero attached hydrogens (tertiary/aromatic N) is 1. The third kappa shape index (κ3) is 2.75. The minimum atomic E-state index is -0.350. The average molecular weight is 248 g/mol. The Balaban J connectivity index is 2.25. The Kier molecular flexibility index (Phi) is 3.74. The zero-order valence-electron chi connectivity index (χ0n) is 9.67. The van der Waals surface area contributed by atoms with Crippen molar-refractivity contribution in [1.82, 2.24) is 0 Å². The molecule has 94 valence electrons. The van der Waals surface area contributed by atoms with Crippen molar-refractivity contribution in [2.24, 2.45) is 5.73 Å². The fraction of sp³-hybridized carbons (Fsp3) is 0.154. The Morgan fingerprint density at radius 3 is 2.56 bits per heavy atom. The molecule has 2 N–H and O–H groups in total. The van der Waals surface area contributed by atoms with E-state index in [9.17, 15) is 9.18 Å². The van der Waals surface area contributed by atoms with E-state index < -0.39 is 0 Å². The number of furan rings is 1. The highest BCUT2D eigenvalue weighted by Crippen LogP contribution is 2.18. The fourth-order valence-electron chi connectivity index (χ4n) is 1.61. The lowest BCUT2D eigenvalue weighted by molar-refractivity contribution is -0.117. The van der Waals surface area contributed by atoms with Crippen LogP contribution in [0.25, 0.3) is 0 Å². The fourth-order valence-corrected chi connectivity index (χ4v) is 1.61. The molecule has 0 bridgehead atoms. The predicted molar refractivity (Wildman–Crippen MR) is 65.4 cm³/mol. The van der Waals surface area contributed by atoms with Gasteiger partial charge in [0.25, 0.3) is 0 Å². The van der Waals surface area contributed by atoms with Gasteiger partial charge in [0.1, 0.15) is 11.6 Å². The van der Waals surface area contributed by atoms with Gasteiger partial charge in [-0.05, 0) is 36.4 Å². The Morgan fingerprint density at radius 2 is 2.00 bits per heavy atom. The van der Waals surface area contributed by atoms with E-state index in [1.165, 1.54) is 35.4 Å². The topological polar surface area (TPSA) is 59.5 Å². The maximum Gasteiger partial charge on any atom is 0.241 e. The second-order valence-corrected chi connectivity index (χ2v) is 3.74. The van der Waals surface area contributed by atoms with Gasteiger partial charge in [-0.2, -0.15) is 0 Å². The Labute approximate surface area is 104 Å². The van der Waals surface area contributed by atoms with Crippen LogP contribution in [0.1, 0.15) is 5.76 Å². The van der Waals surface area contributed by atoms with Crippen LogP contribution >= 0.6 is 0 Å². The van der Waals surface area contributed by atoms with Gasteiger partial charge < -0.3 is 15.1 Å². The minimum Gasteiger partial charge on any atom is -0.467 e. The first-order valence-corrected chi connectivity index (χ1v) is 5.49. The van der Waals surface area contributed by atoms with Gasteiger partial charge in [-0.25, -0.2) is 4.39 Å². The molecule has 0 saturated carbocycles. The molecule has 2 rings (SSSR count). The van der Waals surface area contributed by atoms with Crippen LogP contribution in [0.2, 0.25) is 0 Å². The van der Waals surface area contributed by atoms with Gasteiger partial charge in [0, 0.05) is 5.69 Å². The summed E-state index contributed by atoms with van der Waals surface area (Å²) in [6, 6.07) is 9.17. The van der Waals surface area contributed by atoms with Gasteiger partial charge >= 0.3 is 0 Å². The number of rotatable bonds is 4.